The molecule has 3 aromatic carbocycles. The number of aromatic nitrogens is 3. The molecule has 2 aromatic heterocycles. The number of aryl methyl sites for hydroxylation is 1. The summed E-state index contributed by atoms with van der Waals surface area (Å²) in [5.41, 5.74) is 5.20. The second-order valence-electron chi connectivity index (χ2n) is 7.13. The Balaban J connectivity index is 1.54. The molecule has 0 unspecified atom stereocenters. The zero-order valence-corrected chi connectivity index (χ0v) is 15.5. The number of fused-ring (bicyclic) bond motifs is 2. The van der Waals surface area contributed by atoms with Gasteiger partial charge >= 0.3 is 0 Å². The number of aromatic amines is 1. The van der Waals surface area contributed by atoms with Crippen LogP contribution >= 0.6 is 0 Å². The minimum Gasteiger partial charge on any atom is -0.343 e. The van der Waals surface area contributed by atoms with Gasteiger partial charge in [-0.1, -0.05) is 42.0 Å². The van der Waals surface area contributed by atoms with Crippen LogP contribution in [0.3, 0.4) is 0 Å². The molecule has 0 radical (unpaired) electrons. The van der Waals surface area contributed by atoms with Crippen molar-refractivity contribution >= 4 is 21.8 Å². The zero-order valence-electron chi connectivity index (χ0n) is 15.5. The molecular formula is C24H19N3O. The fourth-order valence-corrected chi connectivity index (χ4v) is 3.60. The van der Waals surface area contributed by atoms with Gasteiger partial charge in [0.05, 0.1) is 10.9 Å². The lowest BCUT2D eigenvalue weighted by molar-refractivity contribution is 0.836. The Morgan fingerprint density at radius 3 is 2.64 bits per heavy atom. The summed E-state index contributed by atoms with van der Waals surface area (Å²) in [6, 6.07) is 24.3. The second kappa shape index (κ2) is 6.50. The molecule has 0 spiro atoms. The third-order valence-electron chi connectivity index (χ3n) is 5.13. The molecule has 0 amide bonds. The summed E-state index contributed by atoms with van der Waals surface area (Å²) in [4.78, 5) is 19.9. The highest BCUT2D eigenvalue weighted by molar-refractivity contribution is 5.86. The van der Waals surface area contributed by atoms with Crippen molar-refractivity contribution in [3.05, 3.63) is 100 Å². The minimum absolute atomic E-state index is 0.113. The van der Waals surface area contributed by atoms with Gasteiger partial charge in [-0.25, -0.2) is 4.98 Å². The first kappa shape index (κ1) is 16.5. The average Bonchev–Trinajstić information content (AvgIpc) is 3.12. The maximum Gasteiger partial charge on any atom is 0.259 e. The molecule has 5 aromatic rings. The highest BCUT2D eigenvalue weighted by Crippen LogP contribution is 2.24. The van der Waals surface area contributed by atoms with Gasteiger partial charge in [-0.2, -0.15) is 0 Å². The first-order valence-corrected chi connectivity index (χ1v) is 9.31. The summed E-state index contributed by atoms with van der Waals surface area (Å²) < 4.78 is 2.24. The molecular weight excluding hydrogens is 346 g/mol. The van der Waals surface area contributed by atoms with Crippen LogP contribution in [0.2, 0.25) is 0 Å². The second-order valence-corrected chi connectivity index (χ2v) is 7.13. The van der Waals surface area contributed by atoms with Crippen molar-refractivity contribution in [3.63, 3.8) is 0 Å². The normalized spacial score (nSPS) is 11.3. The topological polar surface area (TPSA) is 50.7 Å². The number of rotatable bonds is 3. The van der Waals surface area contributed by atoms with Crippen LogP contribution in [-0.2, 0) is 6.54 Å². The van der Waals surface area contributed by atoms with E-state index in [1.54, 1.807) is 6.07 Å². The van der Waals surface area contributed by atoms with Crippen LogP contribution in [0.15, 0.2) is 83.8 Å². The van der Waals surface area contributed by atoms with Crippen molar-refractivity contribution in [2.45, 2.75) is 13.5 Å². The molecule has 28 heavy (non-hydrogen) atoms. The van der Waals surface area contributed by atoms with Crippen molar-refractivity contribution in [2.24, 2.45) is 0 Å². The Hall–Kier alpha value is -3.66. The van der Waals surface area contributed by atoms with Crippen molar-refractivity contribution in [2.75, 3.05) is 0 Å². The van der Waals surface area contributed by atoms with Gasteiger partial charge in [-0.15, -0.1) is 0 Å². The number of hydrogen-bond donors (Lipinski definition) is 1. The van der Waals surface area contributed by atoms with Gasteiger partial charge < -0.3 is 9.55 Å². The van der Waals surface area contributed by atoms with Crippen molar-refractivity contribution in [3.8, 4) is 11.4 Å². The largest absolute Gasteiger partial charge is 0.343 e. The lowest BCUT2D eigenvalue weighted by Crippen LogP contribution is -2.09. The lowest BCUT2D eigenvalue weighted by atomic mass is 10.1. The predicted molar refractivity (Wildman–Crippen MR) is 114 cm³/mol. The van der Waals surface area contributed by atoms with Crippen molar-refractivity contribution in [1.29, 1.82) is 0 Å². The molecule has 0 aliphatic heterocycles. The average molecular weight is 365 g/mol. The van der Waals surface area contributed by atoms with Gasteiger partial charge in [0.1, 0.15) is 5.82 Å². The minimum atomic E-state index is -0.113. The number of H-pyrrole nitrogens is 1. The lowest BCUT2D eigenvalue weighted by Gasteiger charge is -2.07. The summed E-state index contributed by atoms with van der Waals surface area (Å²) in [7, 11) is 0. The van der Waals surface area contributed by atoms with Gasteiger partial charge in [0.15, 0.2) is 0 Å². The summed E-state index contributed by atoms with van der Waals surface area (Å²) >= 11 is 0. The Kier molecular flexibility index (Phi) is 3.83. The van der Waals surface area contributed by atoms with E-state index < -0.39 is 0 Å². The molecule has 1 N–H and O–H groups in total. The quantitative estimate of drug-likeness (QED) is 0.494. The fourth-order valence-electron chi connectivity index (χ4n) is 3.60. The molecule has 136 valence electrons. The van der Waals surface area contributed by atoms with Crippen LogP contribution in [0.25, 0.3) is 33.2 Å². The van der Waals surface area contributed by atoms with E-state index in [9.17, 15) is 4.79 Å². The van der Waals surface area contributed by atoms with Gasteiger partial charge in [-0.3, -0.25) is 4.79 Å². The van der Waals surface area contributed by atoms with E-state index >= 15 is 0 Å². The maximum atomic E-state index is 12.4. The van der Waals surface area contributed by atoms with Gasteiger partial charge in [0, 0.05) is 29.2 Å². The molecule has 0 bridgehead atoms. The number of nitrogens with zero attached hydrogens (tertiary/aromatic N) is 2. The Bertz CT molecular complexity index is 1360. The monoisotopic (exact) mass is 365 g/mol. The SMILES string of the molecule is Cc1ccc(Cn2ccc3cc(-c4nc5ccccc5c(=O)[nH]4)ccc32)cc1. The summed E-state index contributed by atoms with van der Waals surface area (Å²) in [5, 5.41) is 1.73. The smallest absolute Gasteiger partial charge is 0.259 e. The maximum absolute atomic E-state index is 12.4. The molecule has 0 aliphatic rings. The van der Waals surface area contributed by atoms with E-state index in [1.165, 1.54) is 11.1 Å². The third kappa shape index (κ3) is 2.89. The standard InChI is InChI=1S/C24H19N3O/c1-16-6-8-17(9-7-16)15-27-13-12-18-14-19(10-11-22(18)27)23-25-21-5-3-2-4-20(21)24(28)26-23/h2-14H,15H2,1H3,(H,25,26,28). The molecule has 0 fully saturated rings. The van der Waals surface area contributed by atoms with Crippen molar-refractivity contribution < 1.29 is 0 Å². The van der Waals surface area contributed by atoms with E-state index in [0.29, 0.717) is 16.7 Å². The van der Waals surface area contributed by atoms with E-state index in [-0.39, 0.29) is 5.56 Å². The van der Waals surface area contributed by atoms with Crippen LogP contribution in [0.1, 0.15) is 11.1 Å². The van der Waals surface area contributed by atoms with E-state index in [4.69, 9.17) is 0 Å². The van der Waals surface area contributed by atoms with E-state index in [0.717, 1.165) is 23.0 Å². The van der Waals surface area contributed by atoms with E-state index in [2.05, 4.69) is 70.1 Å². The van der Waals surface area contributed by atoms with Crippen LogP contribution in [0, 0.1) is 6.92 Å². The van der Waals surface area contributed by atoms with Crippen LogP contribution in [-0.4, -0.2) is 14.5 Å². The summed E-state index contributed by atoms with van der Waals surface area (Å²) in [5.74, 6) is 0.594. The van der Waals surface area contributed by atoms with Gasteiger partial charge in [0.25, 0.3) is 5.56 Å². The highest BCUT2D eigenvalue weighted by atomic mass is 16.1. The van der Waals surface area contributed by atoms with Gasteiger partial charge in [0.2, 0.25) is 0 Å². The van der Waals surface area contributed by atoms with Crippen LogP contribution in [0.5, 0.6) is 0 Å². The van der Waals surface area contributed by atoms with Crippen LogP contribution < -0.4 is 5.56 Å². The zero-order chi connectivity index (χ0) is 19.1. The molecule has 4 nitrogen and oxygen atoms in total. The van der Waals surface area contributed by atoms with E-state index in [1.807, 2.05) is 24.3 Å². The Morgan fingerprint density at radius 2 is 1.79 bits per heavy atom. The number of para-hydroxylation sites is 1. The molecule has 0 atom stereocenters. The first-order chi connectivity index (χ1) is 13.7. The molecule has 0 aliphatic carbocycles. The fraction of sp³-hybridized carbons (Fsp3) is 0.0833. The van der Waals surface area contributed by atoms with Crippen LogP contribution in [0.4, 0.5) is 0 Å². The first-order valence-electron chi connectivity index (χ1n) is 9.31. The Labute approximate surface area is 162 Å². The molecule has 5 rings (SSSR count). The number of benzene rings is 3. The molecule has 0 saturated heterocycles. The van der Waals surface area contributed by atoms with Crippen molar-refractivity contribution in [1.82, 2.24) is 14.5 Å². The molecule has 2 heterocycles. The number of nitrogens with one attached hydrogen (secondary N) is 1. The highest BCUT2D eigenvalue weighted by Gasteiger charge is 2.08. The number of hydrogen-bond acceptors (Lipinski definition) is 2. The summed E-state index contributed by atoms with van der Waals surface area (Å²) in [6.07, 6.45) is 2.10. The Morgan fingerprint density at radius 1 is 0.964 bits per heavy atom. The molecule has 0 saturated carbocycles. The predicted octanol–water partition coefficient (Wildman–Crippen LogP) is 4.90. The third-order valence-corrected chi connectivity index (χ3v) is 5.13. The summed E-state index contributed by atoms with van der Waals surface area (Å²) in [6.45, 7) is 2.93. The van der Waals surface area contributed by atoms with Gasteiger partial charge in [-0.05, 0) is 48.9 Å². The molecule has 4 heteroatoms.